The summed E-state index contributed by atoms with van der Waals surface area (Å²) in [5.74, 6) is 0.488. The number of nitrogens with zero attached hydrogens (tertiary/aromatic N) is 1. The number of rotatable bonds is 7. The molecule has 2 N–H and O–H groups in total. The third-order valence-electron chi connectivity index (χ3n) is 3.29. The maximum absolute atomic E-state index is 11.2. The van der Waals surface area contributed by atoms with Crippen molar-refractivity contribution >= 4 is 5.91 Å². The summed E-state index contributed by atoms with van der Waals surface area (Å²) in [4.78, 5) is 13.3. The predicted octanol–water partition coefficient (Wildman–Crippen LogP) is 0.607. The summed E-state index contributed by atoms with van der Waals surface area (Å²) < 4.78 is 5.06. The highest BCUT2D eigenvalue weighted by Gasteiger charge is 2.34. The van der Waals surface area contributed by atoms with Crippen molar-refractivity contribution in [2.45, 2.75) is 38.8 Å². The average molecular weight is 214 g/mol. The zero-order chi connectivity index (χ0) is 11.4. The van der Waals surface area contributed by atoms with Crippen molar-refractivity contribution in [1.29, 1.82) is 0 Å². The van der Waals surface area contributed by atoms with Gasteiger partial charge in [0.15, 0.2) is 0 Å². The van der Waals surface area contributed by atoms with Crippen molar-refractivity contribution in [2.24, 2.45) is 11.7 Å². The summed E-state index contributed by atoms with van der Waals surface area (Å²) >= 11 is 0. The number of ether oxygens (including phenoxy) is 1. The Morgan fingerprint density at radius 3 is 2.53 bits per heavy atom. The second-order valence-electron chi connectivity index (χ2n) is 4.39. The number of primary amides is 1. The topological polar surface area (TPSA) is 55.6 Å². The standard InChI is InChI=1S/C11H22N2O2/c1-8(10-4-5-10)13(6-7-15-3)9(2)11(12)14/h8-10H,4-7H2,1-3H3,(H2,12,14). The first-order valence-corrected chi connectivity index (χ1v) is 5.62. The van der Waals surface area contributed by atoms with E-state index in [1.165, 1.54) is 12.8 Å². The Morgan fingerprint density at radius 1 is 1.53 bits per heavy atom. The van der Waals surface area contributed by atoms with Crippen LogP contribution in [0.3, 0.4) is 0 Å². The number of hydrogen-bond acceptors (Lipinski definition) is 3. The molecule has 0 aromatic carbocycles. The summed E-state index contributed by atoms with van der Waals surface area (Å²) in [6.07, 6.45) is 2.55. The molecule has 0 heterocycles. The van der Waals surface area contributed by atoms with Crippen LogP contribution in [0.25, 0.3) is 0 Å². The third kappa shape index (κ3) is 3.47. The smallest absolute Gasteiger partial charge is 0.234 e. The quantitative estimate of drug-likeness (QED) is 0.675. The first kappa shape index (κ1) is 12.5. The van der Waals surface area contributed by atoms with Gasteiger partial charge >= 0.3 is 0 Å². The fourth-order valence-electron chi connectivity index (χ4n) is 1.96. The van der Waals surface area contributed by atoms with Crippen molar-refractivity contribution < 1.29 is 9.53 Å². The number of methoxy groups -OCH3 is 1. The maximum atomic E-state index is 11.2. The lowest BCUT2D eigenvalue weighted by Gasteiger charge is -2.32. The molecule has 0 aromatic heterocycles. The Bertz CT molecular complexity index is 217. The van der Waals surface area contributed by atoms with Crippen LogP contribution in [0.4, 0.5) is 0 Å². The van der Waals surface area contributed by atoms with Gasteiger partial charge in [0, 0.05) is 19.7 Å². The van der Waals surface area contributed by atoms with Gasteiger partial charge in [-0.05, 0) is 32.6 Å². The van der Waals surface area contributed by atoms with Gasteiger partial charge in [0.05, 0.1) is 12.6 Å². The number of carbonyl (C=O) groups is 1. The van der Waals surface area contributed by atoms with Gasteiger partial charge < -0.3 is 10.5 Å². The van der Waals surface area contributed by atoms with Crippen LogP contribution in [0, 0.1) is 5.92 Å². The third-order valence-corrected chi connectivity index (χ3v) is 3.29. The van der Waals surface area contributed by atoms with Crippen molar-refractivity contribution in [3.05, 3.63) is 0 Å². The second kappa shape index (κ2) is 5.47. The van der Waals surface area contributed by atoms with Crippen LogP contribution in [0.1, 0.15) is 26.7 Å². The minimum Gasteiger partial charge on any atom is -0.383 e. The van der Waals surface area contributed by atoms with Crippen LogP contribution in [0.15, 0.2) is 0 Å². The van der Waals surface area contributed by atoms with Crippen LogP contribution in [0.2, 0.25) is 0 Å². The molecule has 0 bridgehead atoms. The molecule has 0 spiro atoms. The lowest BCUT2D eigenvalue weighted by atomic mass is 10.1. The van der Waals surface area contributed by atoms with Crippen molar-refractivity contribution in [3.8, 4) is 0 Å². The lowest BCUT2D eigenvalue weighted by molar-refractivity contribution is -0.123. The predicted molar refractivity (Wildman–Crippen MR) is 59.4 cm³/mol. The molecular weight excluding hydrogens is 192 g/mol. The fraction of sp³-hybridized carbons (Fsp3) is 0.909. The van der Waals surface area contributed by atoms with Gasteiger partial charge in [0.1, 0.15) is 0 Å². The summed E-state index contributed by atoms with van der Waals surface area (Å²) in [6, 6.07) is 0.235. The highest BCUT2D eigenvalue weighted by molar-refractivity contribution is 5.79. The molecule has 1 saturated carbocycles. The Kier molecular flexibility index (Phi) is 4.54. The van der Waals surface area contributed by atoms with E-state index in [2.05, 4.69) is 11.8 Å². The number of nitrogens with two attached hydrogens (primary N) is 1. The van der Waals surface area contributed by atoms with Crippen LogP contribution in [-0.2, 0) is 9.53 Å². The maximum Gasteiger partial charge on any atom is 0.234 e. The van der Waals surface area contributed by atoms with Gasteiger partial charge in [-0.3, -0.25) is 9.69 Å². The first-order valence-electron chi connectivity index (χ1n) is 5.62. The van der Waals surface area contributed by atoms with E-state index in [1.54, 1.807) is 7.11 Å². The molecule has 1 rings (SSSR count). The highest BCUT2D eigenvalue weighted by Crippen LogP contribution is 2.35. The highest BCUT2D eigenvalue weighted by atomic mass is 16.5. The van der Waals surface area contributed by atoms with Gasteiger partial charge in [0.2, 0.25) is 5.91 Å². The molecular formula is C11H22N2O2. The van der Waals surface area contributed by atoms with Gasteiger partial charge in [-0.15, -0.1) is 0 Å². The van der Waals surface area contributed by atoms with Gasteiger partial charge in [-0.25, -0.2) is 0 Å². The lowest BCUT2D eigenvalue weighted by Crippen LogP contribution is -2.49. The zero-order valence-electron chi connectivity index (χ0n) is 9.90. The van der Waals surface area contributed by atoms with Crippen molar-refractivity contribution in [2.75, 3.05) is 20.3 Å². The Balaban J connectivity index is 2.54. The molecule has 1 aliphatic carbocycles. The molecule has 0 aromatic rings. The molecule has 1 aliphatic rings. The Hall–Kier alpha value is -0.610. The molecule has 4 nitrogen and oxygen atoms in total. The molecule has 2 atom stereocenters. The fourth-order valence-corrected chi connectivity index (χ4v) is 1.96. The van der Waals surface area contributed by atoms with E-state index in [0.29, 0.717) is 12.6 Å². The molecule has 88 valence electrons. The molecule has 15 heavy (non-hydrogen) atoms. The number of carbonyl (C=O) groups excluding carboxylic acids is 1. The minimum atomic E-state index is -0.251. The van der Waals surface area contributed by atoms with Crippen molar-refractivity contribution in [1.82, 2.24) is 4.90 Å². The molecule has 0 aliphatic heterocycles. The van der Waals surface area contributed by atoms with E-state index in [1.807, 2.05) is 6.92 Å². The molecule has 1 amide bonds. The van der Waals surface area contributed by atoms with Crippen LogP contribution < -0.4 is 5.73 Å². The van der Waals surface area contributed by atoms with E-state index in [0.717, 1.165) is 12.5 Å². The van der Waals surface area contributed by atoms with E-state index in [4.69, 9.17) is 10.5 Å². The SMILES string of the molecule is COCCN(C(C)C(N)=O)C(C)C1CC1. The first-order chi connectivity index (χ1) is 7.07. The van der Waals surface area contributed by atoms with Gasteiger partial charge in [0.25, 0.3) is 0 Å². The largest absolute Gasteiger partial charge is 0.383 e. The Labute approximate surface area is 91.8 Å². The summed E-state index contributed by atoms with van der Waals surface area (Å²) in [7, 11) is 1.68. The molecule has 2 unspecified atom stereocenters. The van der Waals surface area contributed by atoms with Crippen LogP contribution in [-0.4, -0.2) is 43.2 Å². The average Bonchev–Trinajstić information content (AvgIpc) is 3.00. The molecule has 1 fully saturated rings. The molecule has 0 saturated heterocycles. The number of hydrogen-bond donors (Lipinski definition) is 1. The Morgan fingerprint density at radius 2 is 2.13 bits per heavy atom. The second-order valence-corrected chi connectivity index (χ2v) is 4.39. The van der Waals surface area contributed by atoms with Crippen molar-refractivity contribution in [3.63, 3.8) is 0 Å². The van der Waals surface area contributed by atoms with Gasteiger partial charge in [-0.1, -0.05) is 0 Å². The summed E-state index contributed by atoms with van der Waals surface area (Å²) in [6.45, 7) is 5.47. The zero-order valence-corrected chi connectivity index (χ0v) is 9.90. The van der Waals surface area contributed by atoms with E-state index in [9.17, 15) is 4.79 Å². The monoisotopic (exact) mass is 214 g/mol. The van der Waals surface area contributed by atoms with Crippen LogP contribution >= 0.6 is 0 Å². The minimum absolute atomic E-state index is 0.198. The summed E-state index contributed by atoms with van der Waals surface area (Å²) in [5, 5.41) is 0. The molecule has 0 radical (unpaired) electrons. The molecule has 4 heteroatoms. The van der Waals surface area contributed by atoms with Crippen LogP contribution in [0.5, 0.6) is 0 Å². The number of amides is 1. The van der Waals surface area contributed by atoms with E-state index < -0.39 is 0 Å². The van der Waals surface area contributed by atoms with E-state index >= 15 is 0 Å². The summed E-state index contributed by atoms with van der Waals surface area (Å²) in [5.41, 5.74) is 5.35. The normalized spacial score (nSPS) is 20.3. The van der Waals surface area contributed by atoms with E-state index in [-0.39, 0.29) is 11.9 Å². The van der Waals surface area contributed by atoms with Gasteiger partial charge in [-0.2, -0.15) is 0 Å².